The molecule has 0 aromatic heterocycles. The molecule has 0 aliphatic carbocycles. The van der Waals surface area contributed by atoms with Crippen LogP contribution in [0.4, 0.5) is 5.69 Å². The van der Waals surface area contributed by atoms with Gasteiger partial charge in [-0.05, 0) is 23.6 Å². The third-order valence-corrected chi connectivity index (χ3v) is 5.65. The van der Waals surface area contributed by atoms with Crippen LogP contribution in [0, 0.1) is 5.92 Å². The molecule has 1 unspecified atom stereocenters. The molecular formula is C24H34N3O+. The van der Waals surface area contributed by atoms with Crippen LogP contribution >= 0.6 is 0 Å². The number of nitrogens with zero attached hydrogens (tertiary/aromatic N) is 1. The molecule has 2 N–H and O–H groups in total. The minimum Gasteiger partial charge on any atom is -0.378 e. The highest BCUT2D eigenvalue weighted by molar-refractivity contribution is 5.76. The van der Waals surface area contributed by atoms with E-state index in [9.17, 15) is 4.79 Å². The lowest BCUT2D eigenvalue weighted by Gasteiger charge is -2.33. The summed E-state index contributed by atoms with van der Waals surface area (Å²) >= 11 is 0. The fourth-order valence-electron chi connectivity index (χ4n) is 4.06. The van der Waals surface area contributed by atoms with Crippen LogP contribution in [-0.2, 0) is 17.8 Å². The molecule has 2 aromatic rings. The maximum Gasteiger partial charge on any atom is 0.220 e. The first kappa shape index (κ1) is 20.4. The molecular weight excluding hydrogens is 346 g/mol. The predicted molar refractivity (Wildman–Crippen MR) is 116 cm³/mol. The van der Waals surface area contributed by atoms with Crippen LogP contribution in [0.15, 0.2) is 48.5 Å². The van der Waals surface area contributed by atoms with Gasteiger partial charge in [-0.25, -0.2) is 0 Å². The Labute approximate surface area is 169 Å². The molecule has 0 saturated carbocycles. The van der Waals surface area contributed by atoms with Gasteiger partial charge in [0.1, 0.15) is 12.6 Å². The van der Waals surface area contributed by atoms with Crippen molar-refractivity contribution in [2.24, 2.45) is 5.92 Å². The summed E-state index contributed by atoms with van der Waals surface area (Å²) in [6, 6.07) is 17.8. The minimum atomic E-state index is 0.154. The molecule has 1 heterocycles. The van der Waals surface area contributed by atoms with Crippen molar-refractivity contribution < 1.29 is 9.69 Å². The van der Waals surface area contributed by atoms with E-state index in [4.69, 9.17) is 0 Å². The first-order chi connectivity index (χ1) is 13.4. The van der Waals surface area contributed by atoms with E-state index in [1.807, 2.05) is 0 Å². The highest BCUT2D eigenvalue weighted by Crippen LogP contribution is 2.18. The highest BCUT2D eigenvalue weighted by Gasteiger charge is 2.28. The average Bonchev–Trinajstić information content (AvgIpc) is 2.68. The number of benzene rings is 2. The molecule has 3 rings (SSSR count). The summed E-state index contributed by atoms with van der Waals surface area (Å²) < 4.78 is 0. The Morgan fingerprint density at radius 2 is 1.75 bits per heavy atom. The smallest absolute Gasteiger partial charge is 0.220 e. The number of rotatable bonds is 7. The van der Waals surface area contributed by atoms with Crippen molar-refractivity contribution in [3.05, 3.63) is 65.2 Å². The van der Waals surface area contributed by atoms with Crippen molar-refractivity contribution in [1.82, 2.24) is 5.32 Å². The molecule has 0 radical (unpaired) electrons. The number of hydrogen-bond donors (Lipinski definition) is 2. The molecule has 0 saturated heterocycles. The lowest BCUT2D eigenvalue weighted by molar-refractivity contribution is -0.945. The Kier molecular flexibility index (Phi) is 6.74. The van der Waals surface area contributed by atoms with Crippen molar-refractivity contribution >= 4 is 11.6 Å². The molecule has 0 spiro atoms. The Balaban J connectivity index is 1.79. The van der Waals surface area contributed by atoms with E-state index in [2.05, 4.69) is 86.7 Å². The average molecular weight is 381 g/mol. The van der Waals surface area contributed by atoms with Gasteiger partial charge in [-0.2, -0.15) is 0 Å². The van der Waals surface area contributed by atoms with Crippen molar-refractivity contribution in [2.45, 2.75) is 39.3 Å². The van der Waals surface area contributed by atoms with Crippen molar-refractivity contribution in [1.29, 1.82) is 0 Å². The highest BCUT2D eigenvalue weighted by atomic mass is 16.1. The quantitative estimate of drug-likeness (QED) is 0.775. The lowest BCUT2D eigenvalue weighted by atomic mass is 9.96. The Hall–Kier alpha value is -2.33. The molecule has 4 heteroatoms. The van der Waals surface area contributed by atoms with Gasteiger partial charge in [-0.15, -0.1) is 0 Å². The predicted octanol–water partition coefficient (Wildman–Crippen LogP) is 2.60. The Morgan fingerprint density at radius 3 is 2.39 bits per heavy atom. The second-order valence-corrected chi connectivity index (χ2v) is 8.54. The molecule has 1 aliphatic rings. The zero-order valence-electron chi connectivity index (χ0n) is 17.7. The second-order valence-electron chi connectivity index (χ2n) is 8.54. The van der Waals surface area contributed by atoms with E-state index >= 15 is 0 Å². The summed E-state index contributed by atoms with van der Waals surface area (Å²) in [7, 11) is 4.12. The van der Waals surface area contributed by atoms with Gasteiger partial charge in [0.15, 0.2) is 0 Å². The fraction of sp³-hybridized carbons (Fsp3) is 0.458. The number of anilines is 1. The van der Waals surface area contributed by atoms with E-state index in [0.29, 0.717) is 18.9 Å². The largest absolute Gasteiger partial charge is 0.378 e. The number of hydrogen-bond acceptors (Lipinski definition) is 2. The zero-order valence-corrected chi connectivity index (χ0v) is 17.7. The van der Waals surface area contributed by atoms with Gasteiger partial charge < -0.3 is 15.1 Å². The standard InChI is InChI=1S/C24H33N3O/c1-18(2)15-24(28)25-16-23(20-9-11-22(12-10-20)26(3)4)27-14-13-19-7-5-6-8-21(19)17-27/h5-12,18,23H,13-17H2,1-4H3,(H,25,28)/p+1/t23-/m1/s1. The summed E-state index contributed by atoms with van der Waals surface area (Å²) in [4.78, 5) is 15.9. The van der Waals surface area contributed by atoms with E-state index in [1.165, 1.54) is 27.3 Å². The fourth-order valence-corrected chi connectivity index (χ4v) is 4.06. The number of carbonyl (C=O) groups excluding carboxylic acids is 1. The molecule has 1 aliphatic heterocycles. The monoisotopic (exact) mass is 380 g/mol. The maximum atomic E-state index is 12.3. The first-order valence-electron chi connectivity index (χ1n) is 10.4. The maximum absolute atomic E-state index is 12.3. The Morgan fingerprint density at radius 1 is 1.07 bits per heavy atom. The Bertz CT molecular complexity index is 783. The molecule has 4 nitrogen and oxygen atoms in total. The van der Waals surface area contributed by atoms with Crippen LogP contribution in [0.2, 0.25) is 0 Å². The summed E-state index contributed by atoms with van der Waals surface area (Å²) in [5.41, 5.74) is 5.40. The molecule has 2 atom stereocenters. The summed E-state index contributed by atoms with van der Waals surface area (Å²) in [5, 5.41) is 3.20. The molecule has 2 aromatic carbocycles. The van der Waals surface area contributed by atoms with Gasteiger partial charge in [0.05, 0.1) is 13.1 Å². The molecule has 0 bridgehead atoms. The summed E-state index contributed by atoms with van der Waals surface area (Å²) in [6.07, 6.45) is 1.68. The summed E-state index contributed by atoms with van der Waals surface area (Å²) in [5.74, 6) is 0.536. The topological polar surface area (TPSA) is 36.8 Å². The van der Waals surface area contributed by atoms with Crippen LogP contribution in [0.5, 0.6) is 0 Å². The third-order valence-electron chi connectivity index (χ3n) is 5.65. The van der Waals surface area contributed by atoms with Gasteiger partial charge >= 0.3 is 0 Å². The van der Waals surface area contributed by atoms with Crippen molar-refractivity contribution in [2.75, 3.05) is 32.1 Å². The van der Waals surface area contributed by atoms with E-state index < -0.39 is 0 Å². The minimum absolute atomic E-state index is 0.154. The normalized spacial score (nSPS) is 17.1. The van der Waals surface area contributed by atoms with Gasteiger partial charge in [-0.1, -0.05) is 50.2 Å². The number of quaternary nitrogens is 1. The van der Waals surface area contributed by atoms with Crippen LogP contribution < -0.4 is 15.1 Å². The third kappa shape index (κ3) is 5.14. The van der Waals surface area contributed by atoms with Crippen LogP contribution in [0.3, 0.4) is 0 Å². The van der Waals surface area contributed by atoms with Gasteiger partial charge in [0.25, 0.3) is 0 Å². The second kappa shape index (κ2) is 9.24. The van der Waals surface area contributed by atoms with Gasteiger partial charge in [0.2, 0.25) is 5.91 Å². The number of carbonyl (C=O) groups is 1. The number of fused-ring (bicyclic) bond motifs is 1. The number of nitrogens with one attached hydrogen (secondary N) is 2. The van der Waals surface area contributed by atoms with E-state index in [0.717, 1.165) is 19.5 Å². The van der Waals surface area contributed by atoms with Crippen LogP contribution in [0.25, 0.3) is 0 Å². The number of amides is 1. The molecule has 150 valence electrons. The SMILES string of the molecule is CC(C)CC(=O)NC[C@H](c1ccc(N(C)C)cc1)[NH+]1CCc2ccccc2C1. The first-order valence-corrected chi connectivity index (χ1v) is 10.4. The lowest BCUT2D eigenvalue weighted by Crippen LogP contribution is -3.12. The van der Waals surface area contributed by atoms with Crippen LogP contribution in [-0.4, -0.2) is 33.1 Å². The molecule has 28 heavy (non-hydrogen) atoms. The van der Waals surface area contributed by atoms with E-state index in [-0.39, 0.29) is 11.9 Å². The van der Waals surface area contributed by atoms with Crippen molar-refractivity contribution in [3.8, 4) is 0 Å². The van der Waals surface area contributed by atoms with Gasteiger partial charge in [-0.3, -0.25) is 4.79 Å². The van der Waals surface area contributed by atoms with Crippen molar-refractivity contribution in [3.63, 3.8) is 0 Å². The summed E-state index contributed by atoms with van der Waals surface area (Å²) in [6.45, 7) is 6.96. The molecule has 1 amide bonds. The zero-order chi connectivity index (χ0) is 20.1. The van der Waals surface area contributed by atoms with E-state index in [1.54, 1.807) is 0 Å². The van der Waals surface area contributed by atoms with Gasteiger partial charge in [0, 0.05) is 43.8 Å². The van der Waals surface area contributed by atoms with Crippen LogP contribution in [0.1, 0.15) is 43.0 Å². The molecule has 0 fully saturated rings.